The van der Waals surface area contributed by atoms with Crippen molar-refractivity contribution in [1.82, 2.24) is 0 Å². The van der Waals surface area contributed by atoms with Crippen LogP contribution in [0.1, 0.15) is 211 Å². The Morgan fingerprint density at radius 1 is 0.357 bits per heavy atom. The highest BCUT2D eigenvalue weighted by molar-refractivity contribution is 5.91. The molecule has 6 aliphatic rings. The second-order valence-corrected chi connectivity index (χ2v) is 27.7. The van der Waals surface area contributed by atoms with Crippen LogP contribution in [-0.2, 0) is 43.3 Å². The van der Waals surface area contributed by atoms with E-state index >= 15 is 0 Å². The summed E-state index contributed by atoms with van der Waals surface area (Å²) < 4.78 is 7.49. The van der Waals surface area contributed by atoms with Crippen LogP contribution in [0.2, 0.25) is 0 Å². The minimum Gasteiger partial charge on any atom is -0.444 e. The summed E-state index contributed by atoms with van der Waals surface area (Å²) in [5.41, 5.74) is 20.5. The molecule has 366 valence electrons. The number of hydrogen-bond acceptors (Lipinski definition) is 3. The van der Waals surface area contributed by atoms with E-state index in [0.717, 1.165) is 43.0 Å². The number of anilines is 6. The van der Waals surface area contributed by atoms with Gasteiger partial charge in [0.15, 0.2) is 0 Å². The van der Waals surface area contributed by atoms with E-state index in [1.54, 1.807) is 11.1 Å². The molecule has 0 radical (unpaired) electrons. The topological polar surface area (TPSA) is 19.6 Å². The standard InChI is InChI=1S/C67H82N2O/c1-43-35-47(68(45-21-23-50-52(38-45)61(4,5)26-25-60(50,2)3)46-22-24-51-55(39-46)67(15)33-31-66(51,14)32-34-67)37-48(36-43)69(58-42-56-59(70-58)65(12,13)30-29-64(56,10)11)57-41-54-53(62(6,7)27-28-63(54,8)9)40-49(57)44-19-17-16-18-20-44/h16-24,35-42H,25-34H2,1-15H3. The predicted octanol–water partition coefficient (Wildman–Crippen LogP) is 19.3. The number of rotatable bonds is 7. The lowest BCUT2D eigenvalue weighted by atomic mass is 9.52. The maximum absolute atomic E-state index is 7.49. The molecule has 0 saturated heterocycles. The molecule has 0 amide bonds. The zero-order valence-electron chi connectivity index (χ0n) is 45.7. The molecule has 6 aliphatic carbocycles. The smallest absolute Gasteiger partial charge is 0.204 e. The first-order chi connectivity index (χ1) is 32.7. The number of aryl methyl sites for hydroxylation is 1. The number of furan rings is 1. The zero-order chi connectivity index (χ0) is 49.8. The molecule has 0 spiro atoms. The van der Waals surface area contributed by atoms with Crippen LogP contribution < -0.4 is 9.80 Å². The van der Waals surface area contributed by atoms with Crippen LogP contribution in [0.3, 0.4) is 0 Å². The van der Waals surface area contributed by atoms with Gasteiger partial charge in [0.05, 0.1) is 11.4 Å². The van der Waals surface area contributed by atoms with E-state index in [4.69, 9.17) is 4.42 Å². The SMILES string of the molecule is Cc1cc(N(c2ccc3c(c2)C(C)(C)CCC3(C)C)c2ccc3c(c2)C2(C)CCC3(C)CC2)cc(N(c2cc3c(o2)C(C)(C)CCC3(C)C)c2cc3c(cc2-c2ccccc2)C(C)(C)CCC3(C)C)c1. The maximum Gasteiger partial charge on any atom is 0.204 e. The summed E-state index contributed by atoms with van der Waals surface area (Å²) in [5.74, 6) is 2.02. The summed E-state index contributed by atoms with van der Waals surface area (Å²) in [6.45, 7) is 36.6. The number of nitrogens with zero attached hydrogens (tertiary/aromatic N) is 2. The van der Waals surface area contributed by atoms with Crippen LogP contribution >= 0.6 is 0 Å². The summed E-state index contributed by atoms with van der Waals surface area (Å²) in [6, 6.07) is 41.1. The maximum atomic E-state index is 7.49. The Labute approximate surface area is 422 Å². The average molecular weight is 931 g/mol. The molecule has 2 bridgehead atoms. The van der Waals surface area contributed by atoms with Crippen molar-refractivity contribution in [3.8, 4) is 11.1 Å². The fourth-order valence-corrected chi connectivity index (χ4v) is 14.1. The van der Waals surface area contributed by atoms with Gasteiger partial charge in [0.1, 0.15) is 5.76 Å². The first kappa shape index (κ1) is 47.3. The lowest BCUT2D eigenvalue weighted by Gasteiger charge is -2.52. The first-order valence-corrected chi connectivity index (χ1v) is 27.1. The third-order valence-corrected chi connectivity index (χ3v) is 19.6. The zero-order valence-corrected chi connectivity index (χ0v) is 45.7. The van der Waals surface area contributed by atoms with Crippen molar-refractivity contribution in [1.29, 1.82) is 0 Å². The highest BCUT2D eigenvalue weighted by atomic mass is 16.4. The molecule has 1 saturated carbocycles. The lowest BCUT2D eigenvalue weighted by molar-refractivity contribution is 0.188. The van der Waals surface area contributed by atoms with Gasteiger partial charge in [-0.25, -0.2) is 0 Å². The molecule has 70 heavy (non-hydrogen) atoms. The van der Waals surface area contributed by atoms with Crippen molar-refractivity contribution in [2.75, 3.05) is 9.80 Å². The van der Waals surface area contributed by atoms with E-state index in [1.165, 1.54) is 106 Å². The lowest BCUT2D eigenvalue weighted by Crippen LogP contribution is -2.44. The molecule has 3 heteroatoms. The third kappa shape index (κ3) is 7.47. The van der Waals surface area contributed by atoms with Gasteiger partial charge in [-0.2, -0.15) is 0 Å². The molecule has 3 nitrogen and oxygen atoms in total. The van der Waals surface area contributed by atoms with Gasteiger partial charge in [-0.3, -0.25) is 4.90 Å². The van der Waals surface area contributed by atoms with Gasteiger partial charge < -0.3 is 9.32 Å². The monoisotopic (exact) mass is 931 g/mol. The normalized spacial score (nSPS) is 24.7. The Kier molecular flexibility index (Phi) is 10.5. The van der Waals surface area contributed by atoms with E-state index < -0.39 is 0 Å². The molecular weight excluding hydrogens is 849 g/mol. The molecule has 0 N–H and O–H groups in total. The molecule has 0 unspecified atom stereocenters. The van der Waals surface area contributed by atoms with Crippen LogP contribution in [0.25, 0.3) is 11.1 Å². The van der Waals surface area contributed by atoms with Gasteiger partial charge in [0, 0.05) is 39.7 Å². The summed E-state index contributed by atoms with van der Waals surface area (Å²) >= 11 is 0. The van der Waals surface area contributed by atoms with Crippen LogP contribution in [0.5, 0.6) is 0 Å². The van der Waals surface area contributed by atoms with Gasteiger partial charge in [-0.05, 0) is 208 Å². The first-order valence-electron chi connectivity index (χ1n) is 27.1. The number of hydrogen-bond donors (Lipinski definition) is 0. The average Bonchev–Trinajstić information content (AvgIpc) is 3.78. The molecule has 0 atom stereocenters. The fourth-order valence-electron chi connectivity index (χ4n) is 14.1. The number of fused-ring (bicyclic) bond motifs is 5. The molecule has 12 rings (SSSR count). The summed E-state index contributed by atoms with van der Waals surface area (Å²) in [7, 11) is 0. The van der Waals surface area contributed by atoms with E-state index in [0.29, 0.717) is 0 Å². The van der Waals surface area contributed by atoms with E-state index in [-0.39, 0.29) is 43.3 Å². The highest BCUT2D eigenvalue weighted by Crippen LogP contribution is 2.59. The Bertz CT molecular complexity index is 2980. The Morgan fingerprint density at radius 3 is 1.39 bits per heavy atom. The second kappa shape index (κ2) is 15.5. The van der Waals surface area contributed by atoms with Crippen LogP contribution in [-0.4, -0.2) is 0 Å². The molecule has 6 aromatic rings. The molecule has 5 aromatic carbocycles. The van der Waals surface area contributed by atoms with Crippen molar-refractivity contribution in [3.05, 3.63) is 153 Å². The van der Waals surface area contributed by atoms with Gasteiger partial charge >= 0.3 is 0 Å². The van der Waals surface area contributed by atoms with Gasteiger partial charge in [-0.15, -0.1) is 0 Å². The summed E-state index contributed by atoms with van der Waals surface area (Å²) in [5, 5.41) is 0. The van der Waals surface area contributed by atoms with Crippen LogP contribution in [0.15, 0.2) is 108 Å². The predicted molar refractivity (Wildman–Crippen MR) is 297 cm³/mol. The van der Waals surface area contributed by atoms with Gasteiger partial charge in [0.2, 0.25) is 5.88 Å². The fraction of sp³-hybridized carbons (Fsp3) is 0.493. The largest absolute Gasteiger partial charge is 0.444 e. The van der Waals surface area contributed by atoms with Crippen molar-refractivity contribution >= 4 is 34.3 Å². The Hall–Kier alpha value is -5.02. The molecular formula is C67H82N2O. The van der Waals surface area contributed by atoms with Crippen molar-refractivity contribution in [2.45, 2.75) is 211 Å². The Balaban J connectivity index is 1.20. The third-order valence-electron chi connectivity index (χ3n) is 19.6. The van der Waals surface area contributed by atoms with Crippen LogP contribution in [0.4, 0.5) is 34.3 Å². The highest BCUT2D eigenvalue weighted by Gasteiger charge is 2.48. The van der Waals surface area contributed by atoms with E-state index in [1.807, 2.05) is 0 Å². The second-order valence-electron chi connectivity index (χ2n) is 27.7. The van der Waals surface area contributed by atoms with Crippen molar-refractivity contribution < 1.29 is 4.42 Å². The summed E-state index contributed by atoms with van der Waals surface area (Å²) in [6.07, 6.45) is 12.0. The van der Waals surface area contributed by atoms with Crippen LogP contribution in [0, 0.1) is 6.92 Å². The molecule has 0 aliphatic heterocycles. The minimum absolute atomic E-state index is 0.00857. The van der Waals surface area contributed by atoms with E-state index in [9.17, 15) is 0 Å². The van der Waals surface area contributed by atoms with Gasteiger partial charge in [-0.1, -0.05) is 139 Å². The van der Waals surface area contributed by atoms with Crippen molar-refractivity contribution in [2.24, 2.45) is 0 Å². The van der Waals surface area contributed by atoms with Gasteiger partial charge in [0.25, 0.3) is 0 Å². The minimum atomic E-state index is -0.0815. The Morgan fingerprint density at radius 2 is 0.814 bits per heavy atom. The quantitative estimate of drug-likeness (QED) is 0.159. The van der Waals surface area contributed by atoms with E-state index in [2.05, 4.69) is 217 Å². The number of benzene rings is 5. The van der Waals surface area contributed by atoms with Crippen molar-refractivity contribution in [3.63, 3.8) is 0 Å². The summed E-state index contributed by atoms with van der Waals surface area (Å²) in [4.78, 5) is 5.13. The molecule has 1 fully saturated rings. The molecule has 1 aromatic heterocycles. The molecule has 1 heterocycles.